The molecule has 0 aliphatic carbocycles. The maximum absolute atomic E-state index is 11.8. The van der Waals surface area contributed by atoms with Crippen molar-refractivity contribution < 1.29 is 14.3 Å². The van der Waals surface area contributed by atoms with Gasteiger partial charge in [0.05, 0.1) is 12.8 Å². The lowest BCUT2D eigenvalue weighted by molar-refractivity contribution is -0.111. The number of hydrogen-bond donors (Lipinski definition) is 1. The summed E-state index contributed by atoms with van der Waals surface area (Å²) < 4.78 is 5.07. The van der Waals surface area contributed by atoms with Gasteiger partial charge in [0.2, 0.25) is 5.91 Å². The van der Waals surface area contributed by atoms with Crippen LogP contribution in [0.5, 0.6) is 5.75 Å². The highest BCUT2D eigenvalue weighted by molar-refractivity contribution is 6.36. The van der Waals surface area contributed by atoms with Crippen LogP contribution in [0.4, 0.5) is 5.69 Å². The molecule has 0 aromatic heterocycles. The van der Waals surface area contributed by atoms with E-state index in [1.54, 1.807) is 26.0 Å². The minimum absolute atomic E-state index is 0.183. The number of ether oxygens (including phenoxy) is 1. The third-order valence-electron chi connectivity index (χ3n) is 2.37. The number of halogens is 1. The number of benzene rings is 1. The Hall–Kier alpha value is -1.81. The summed E-state index contributed by atoms with van der Waals surface area (Å²) in [5.41, 5.74) is 1.47. The van der Waals surface area contributed by atoms with E-state index in [4.69, 9.17) is 16.3 Å². The predicted molar refractivity (Wildman–Crippen MR) is 76.1 cm³/mol. The van der Waals surface area contributed by atoms with Gasteiger partial charge in [-0.2, -0.15) is 0 Å². The van der Waals surface area contributed by atoms with Crippen LogP contribution in [0.3, 0.4) is 0 Å². The maximum Gasteiger partial charge on any atom is 0.248 e. The zero-order chi connectivity index (χ0) is 14.6. The van der Waals surface area contributed by atoms with Crippen LogP contribution < -0.4 is 10.1 Å². The highest BCUT2D eigenvalue weighted by atomic mass is 35.5. The van der Waals surface area contributed by atoms with Crippen molar-refractivity contribution in [2.75, 3.05) is 12.4 Å². The van der Waals surface area contributed by atoms with Crippen molar-refractivity contribution in [2.24, 2.45) is 0 Å². The number of methoxy groups -OCH3 is 1. The number of ketones is 1. The molecule has 1 aromatic rings. The molecule has 0 bridgehead atoms. The highest BCUT2D eigenvalue weighted by Crippen LogP contribution is 2.35. The predicted octanol–water partition coefficient (Wildman–Crippen LogP) is 3.46. The molecule has 102 valence electrons. The fraction of sp³-hybridized carbons (Fsp3) is 0.286. The second-order valence-electron chi connectivity index (χ2n) is 4.27. The topological polar surface area (TPSA) is 55.4 Å². The number of anilines is 1. The van der Waals surface area contributed by atoms with Crippen LogP contribution in [0.25, 0.3) is 0 Å². The molecule has 0 heterocycles. The fourth-order valence-corrected chi connectivity index (χ4v) is 1.84. The highest BCUT2D eigenvalue weighted by Gasteiger charge is 2.16. The number of Topliss-reactive ketones (excluding diaryl/α,β-unsaturated/α-hetero) is 1. The van der Waals surface area contributed by atoms with Crippen LogP contribution in [-0.2, 0) is 4.79 Å². The fourth-order valence-electron chi connectivity index (χ4n) is 1.55. The van der Waals surface area contributed by atoms with Crippen LogP contribution in [0.1, 0.15) is 31.1 Å². The molecule has 1 rings (SSSR count). The zero-order valence-corrected chi connectivity index (χ0v) is 12.1. The Morgan fingerprint density at radius 3 is 2.37 bits per heavy atom. The third-order valence-corrected chi connectivity index (χ3v) is 2.75. The summed E-state index contributed by atoms with van der Waals surface area (Å²) in [7, 11) is 1.47. The zero-order valence-electron chi connectivity index (χ0n) is 11.3. The lowest BCUT2D eigenvalue weighted by atomic mass is 10.1. The van der Waals surface area contributed by atoms with Crippen molar-refractivity contribution in [1.29, 1.82) is 0 Å². The molecule has 0 fully saturated rings. The second-order valence-corrected chi connectivity index (χ2v) is 4.65. The number of amides is 1. The summed E-state index contributed by atoms with van der Waals surface area (Å²) in [5.74, 6) is -0.117. The first-order chi connectivity index (χ1) is 8.86. The molecule has 0 unspecified atom stereocenters. The average Bonchev–Trinajstić information content (AvgIpc) is 2.30. The van der Waals surface area contributed by atoms with Gasteiger partial charge >= 0.3 is 0 Å². The van der Waals surface area contributed by atoms with E-state index < -0.39 is 0 Å². The molecular formula is C14H16ClNO3. The SMILES string of the molecule is COc1ccc(C(C)=O)c(NC(=O)C=C(C)C)c1Cl. The van der Waals surface area contributed by atoms with Gasteiger partial charge in [-0.15, -0.1) is 0 Å². The first-order valence-electron chi connectivity index (χ1n) is 5.70. The Morgan fingerprint density at radius 2 is 1.89 bits per heavy atom. The van der Waals surface area contributed by atoms with Crippen LogP contribution in [0, 0.1) is 0 Å². The smallest absolute Gasteiger partial charge is 0.248 e. The number of nitrogens with one attached hydrogen (secondary N) is 1. The molecule has 1 amide bonds. The molecule has 0 spiro atoms. The lowest BCUT2D eigenvalue weighted by Gasteiger charge is -2.13. The molecule has 1 aromatic carbocycles. The first kappa shape index (κ1) is 15.2. The van der Waals surface area contributed by atoms with Crippen molar-refractivity contribution >= 4 is 29.0 Å². The van der Waals surface area contributed by atoms with E-state index in [0.29, 0.717) is 11.3 Å². The van der Waals surface area contributed by atoms with Gasteiger partial charge in [-0.05, 0) is 32.9 Å². The molecule has 0 atom stereocenters. The van der Waals surface area contributed by atoms with Gasteiger partial charge in [0.25, 0.3) is 0 Å². The quantitative estimate of drug-likeness (QED) is 0.679. The van der Waals surface area contributed by atoms with Crippen LogP contribution in [0.2, 0.25) is 5.02 Å². The summed E-state index contributed by atoms with van der Waals surface area (Å²) in [4.78, 5) is 23.3. The standard InChI is InChI=1S/C14H16ClNO3/c1-8(2)7-12(18)16-14-10(9(3)17)5-6-11(19-4)13(14)15/h5-7H,1-4H3,(H,16,18). The summed E-state index contributed by atoms with van der Waals surface area (Å²) >= 11 is 6.13. The Labute approximate surface area is 117 Å². The molecule has 5 heteroatoms. The van der Waals surface area contributed by atoms with E-state index in [2.05, 4.69) is 5.32 Å². The number of rotatable bonds is 4. The van der Waals surface area contributed by atoms with Crippen molar-refractivity contribution in [2.45, 2.75) is 20.8 Å². The number of carbonyl (C=O) groups excluding carboxylic acids is 2. The van der Waals surface area contributed by atoms with E-state index in [9.17, 15) is 9.59 Å². The van der Waals surface area contributed by atoms with Gasteiger partial charge in [0.1, 0.15) is 10.8 Å². The Morgan fingerprint density at radius 1 is 1.26 bits per heavy atom. The number of hydrogen-bond acceptors (Lipinski definition) is 3. The van der Waals surface area contributed by atoms with Crippen molar-refractivity contribution in [1.82, 2.24) is 0 Å². The van der Waals surface area contributed by atoms with Gasteiger partial charge in [-0.1, -0.05) is 17.2 Å². The third kappa shape index (κ3) is 3.83. The molecule has 0 aliphatic heterocycles. The normalized spacial score (nSPS) is 9.74. The van der Waals surface area contributed by atoms with Crippen molar-refractivity contribution in [3.05, 3.63) is 34.4 Å². The van der Waals surface area contributed by atoms with E-state index in [1.807, 2.05) is 0 Å². The molecule has 0 aliphatic rings. The molecule has 0 radical (unpaired) electrons. The Balaban J connectivity index is 3.26. The summed E-state index contributed by atoms with van der Waals surface area (Å²) in [5, 5.41) is 2.83. The first-order valence-corrected chi connectivity index (χ1v) is 6.08. The minimum Gasteiger partial charge on any atom is -0.495 e. The monoisotopic (exact) mass is 281 g/mol. The van der Waals surface area contributed by atoms with Gasteiger partial charge in [-0.25, -0.2) is 0 Å². The summed E-state index contributed by atoms with van der Waals surface area (Å²) in [6.07, 6.45) is 1.43. The van der Waals surface area contributed by atoms with E-state index >= 15 is 0 Å². The van der Waals surface area contributed by atoms with Gasteiger partial charge in [-0.3, -0.25) is 9.59 Å². The van der Waals surface area contributed by atoms with Crippen molar-refractivity contribution in [3.8, 4) is 5.75 Å². The molecule has 1 N–H and O–H groups in total. The molecule has 0 saturated carbocycles. The summed E-state index contributed by atoms with van der Waals surface area (Å²) in [6, 6.07) is 3.17. The van der Waals surface area contributed by atoms with Crippen molar-refractivity contribution in [3.63, 3.8) is 0 Å². The Bertz CT molecular complexity index is 546. The van der Waals surface area contributed by atoms with E-state index in [0.717, 1.165) is 5.57 Å². The average molecular weight is 282 g/mol. The van der Waals surface area contributed by atoms with Gasteiger partial charge in [0.15, 0.2) is 5.78 Å². The van der Waals surface area contributed by atoms with Crippen LogP contribution in [-0.4, -0.2) is 18.8 Å². The second kappa shape index (κ2) is 6.38. The molecular weight excluding hydrogens is 266 g/mol. The van der Waals surface area contributed by atoms with Crippen LogP contribution in [0.15, 0.2) is 23.8 Å². The number of carbonyl (C=O) groups is 2. The lowest BCUT2D eigenvalue weighted by Crippen LogP contribution is -2.12. The van der Waals surface area contributed by atoms with E-state index in [-0.39, 0.29) is 22.4 Å². The van der Waals surface area contributed by atoms with E-state index in [1.165, 1.54) is 20.1 Å². The molecule has 0 saturated heterocycles. The molecule has 4 nitrogen and oxygen atoms in total. The van der Waals surface area contributed by atoms with Gasteiger partial charge < -0.3 is 10.1 Å². The summed E-state index contributed by atoms with van der Waals surface area (Å²) in [6.45, 7) is 5.02. The number of allylic oxidation sites excluding steroid dienone is 1. The van der Waals surface area contributed by atoms with Crippen LogP contribution >= 0.6 is 11.6 Å². The minimum atomic E-state index is -0.336. The maximum atomic E-state index is 11.8. The largest absolute Gasteiger partial charge is 0.495 e. The Kier molecular flexibility index (Phi) is 5.12. The molecule has 19 heavy (non-hydrogen) atoms. The van der Waals surface area contributed by atoms with Gasteiger partial charge in [0, 0.05) is 11.6 Å².